The third kappa shape index (κ3) is 3.16. The molecule has 0 aromatic carbocycles. The van der Waals surface area contributed by atoms with Crippen molar-refractivity contribution in [3.8, 4) is 0 Å². The van der Waals surface area contributed by atoms with Gasteiger partial charge in [-0.15, -0.1) is 11.3 Å². The standard InChI is InChI=1S/C14H21BrN2S/c15-14-5-4-13(18-14)11-16-9-6-12(10-16)17-7-2-1-3-8-17/h4-5,12H,1-3,6-11H2. The van der Waals surface area contributed by atoms with Crippen molar-refractivity contribution in [2.75, 3.05) is 26.2 Å². The van der Waals surface area contributed by atoms with Gasteiger partial charge < -0.3 is 0 Å². The number of thiophene rings is 1. The molecular weight excluding hydrogens is 308 g/mol. The minimum Gasteiger partial charge on any atom is -0.299 e. The molecule has 0 aliphatic carbocycles. The third-order valence-electron chi connectivity index (χ3n) is 4.16. The Labute approximate surface area is 122 Å². The highest BCUT2D eigenvalue weighted by Crippen LogP contribution is 2.26. The van der Waals surface area contributed by atoms with Crippen molar-refractivity contribution in [3.63, 3.8) is 0 Å². The molecule has 2 nitrogen and oxygen atoms in total. The summed E-state index contributed by atoms with van der Waals surface area (Å²) in [4.78, 5) is 6.84. The molecule has 0 saturated carbocycles. The van der Waals surface area contributed by atoms with Gasteiger partial charge in [0.15, 0.2) is 0 Å². The van der Waals surface area contributed by atoms with Crippen LogP contribution >= 0.6 is 27.3 Å². The summed E-state index contributed by atoms with van der Waals surface area (Å²) in [6, 6.07) is 5.25. The van der Waals surface area contributed by atoms with Crippen molar-refractivity contribution in [1.29, 1.82) is 0 Å². The van der Waals surface area contributed by atoms with Gasteiger partial charge in [-0.3, -0.25) is 9.80 Å². The van der Waals surface area contributed by atoms with E-state index in [4.69, 9.17) is 0 Å². The molecule has 0 amide bonds. The Morgan fingerprint density at radius 3 is 2.72 bits per heavy atom. The largest absolute Gasteiger partial charge is 0.299 e. The lowest BCUT2D eigenvalue weighted by Crippen LogP contribution is -2.40. The van der Waals surface area contributed by atoms with Crippen LogP contribution < -0.4 is 0 Å². The van der Waals surface area contributed by atoms with Crippen molar-refractivity contribution in [2.24, 2.45) is 0 Å². The van der Waals surface area contributed by atoms with E-state index < -0.39 is 0 Å². The molecule has 0 N–H and O–H groups in total. The molecule has 1 unspecified atom stereocenters. The first-order valence-corrected chi connectivity index (χ1v) is 8.63. The van der Waals surface area contributed by atoms with Gasteiger partial charge in [0, 0.05) is 30.6 Å². The van der Waals surface area contributed by atoms with Crippen LogP contribution in [0.15, 0.2) is 15.9 Å². The smallest absolute Gasteiger partial charge is 0.0701 e. The molecule has 2 saturated heterocycles. The van der Waals surface area contributed by atoms with E-state index in [9.17, 15) is 0 Å². The lowest BCUT2D eigenvalue weighted by atomic mass is 10.1. The molecule has 2 aliphatic heterocycles. The molecular formula is C14H21BrN2S. The van der Waals surface area contributed by atoms with Gasteiger partial charge >= 0.3 is 0 Å². The second-order valence-corrected chi connectivity index (χ2v) is 8.03. The Morgan fingerprint density at radius 2 is 2.00 bits per heavy atom. The van der Waals surface area contributed by atoms with Gasteiger partial charge in [0.1, 0.15) is 0 Å². The highest BCUT2D eigenvalue weighted by molar-refractivity contribution is 9.11. The van der Waals surface area contributed by atoms with E-state index in [1.165, 1.54) is 60.5 Å². The molecule has 2 aliphatic rings. The molecule has 3 heterocycles. The van der Waals surface area contributed by atoms with E-state index in [1.54, 1.807) is 0 Å². The molecule has 3 rings (SSSR count). The molecule has 1 aromatic rings. The van der Waals surface area contributed by atoms with Crippen molar-refractivity contribution < 1.29 is 0 Å². The molecule has 2 fully saturated rings. The summed E-state index contributed by atoms with van der Waals surface area (Å²) in [6.45, 7) is 6.36. The monoisotopic (exact) mass is 328 g/mol. The lowest BCUT2D eigenvalue weighted by Gasteiger charge is -2.32. The summed E-state index contributed by atoms with van der Waals surface area (Å²) < 4.78 is 1.25. The zero-order chi connectivity index (χ0) is 12.4. The number of piperidine rings is 1. The number of halogens is 1. The predicted molar refractivity (Wildman–Crippen MR) is 81.1 cm³/mol. The average molecular weight is 329 g/mol. The maximum atomic E-state index is 3.55. The van der Waals surface area contributed by atoms with Gasteiger partial charge in [-0.2, -0.15) is 0 Å². The SMILES string of the molecule is Brc1ccc(CN2CCC(N3CCCCC3)C2)s1. The van der Waals surface area contributed by atoms with Crippen LogP contribution in [0.25, 0.3) is 0 Å². The van der Waals surface area contributed by atoms with Crippen molar-refractivity contribution >= 4 is 27.3 Å². The van der Waals surface area contributed by atoms with Crippen LogP contribution in [0.1, 0.15) is 30.6 Å². The van der Waals surface area contributed by atoms with Gasteiger partial charge in [0.25, 0.3) is 0 Å². The van der Waals surface area contributed by atoms with Crippen LogP contribution in [-0.2, 0) is 6.54 Å². The highest BCUT2D eigenvalue weighted by atomic mass is 79.9. The first kappa shape index (κ1) is 13.1. The van der Waals surface area contributed by atoms with Gasteiger partial charge in [0.2, 0.25) is 0 Å². The van der Waals surface area contributed by atoms with E-state index >= 15 is 0 Å². The Bertz CT molecular complexity index is 387. The minimum atomic E-state index is 0.828. The first-order chi connectivity index (χ1) is 8.81. The van der Waals surface area contributed by atoms with E-state index in [1.807, 2.05) is 11.3 Å². The summed E-state index contributed by atoms with van der Waals surface area (Å²) in [5.74, 6) is 0. The topological polar surface area (TPSA) is 6.48 Å². The second-order valence-electron chi connectivity index (χ2n) is 5.48. The average Bonchev–Trinajstić information content (AvgIpc) is 3.01. The Hall–Kier alpha value is 0.1000. The van der Waals surface area contributed by atoms with Gasteiger partial charge in [-0.1, -0.05) is 6.42 Å². The molecule has 1 atom stereocenters. The van der Waals surface area contributed by atoms with Gasteiger partial charge in [-0.05, 0) is 60.4 Å². The summed E-state index contributed by atoms with van der Waals surface area (Å²) in [5, 5.41) is 0. The predicted octanol–water partition coefficient (Wildman–Crippen LogP) is 3.57. The van der Waals surface area contributed by atoms with Crippen molar-refractivity contribution in [2.45, 2.75) is 38.3 Å². The molecule has 0 radical (unpaired) electrons. The summed E-state index contributed by atoms with van der Waals surface area (Å²) in [6.07, 6.45) is 5.63. The minimum absolute atomic E-state index is 0.828. The summed E-state index contributed by atoms with van der Waals surface area (Å²) in [7, 11) is 0. The quantitative estimate of drug-likeness (QED) is 0.836. The van der Waals surface area contributed by atoms with E-state index in [0.717, 1.165) is 12.6 Å². The fourth-order valence-electron chi connectivity index (χ4n) is 3.19. The number of hydrogen-bond acceptors (Lipinski definition) is 3. The molecule has 4 heteroatoms. The van der Waals surface area contributed by atoms with Gasteiger partial charge in [-0.25, -0.2) is 0 Å². The Morgan fingerprint density at radius 1 is 1.17 bits per heavy atom. The van der Waals surface area contributed by atoms with Crippen molar-refractivity contribution in [3.05, 3.63) is 20.8 Å². The zero-order valence-corrected chi connectivity index (χ0v) is 13.2. The molecule has 0 bridgehead atoms. The molecule has 0 spiro atoms. The van der Waals surface area contributed by atoms with Crippen LogP contribution in [0.5, 0.6) is 0 Å². The van der Waals surface area contributed by atoms with Gasteiger partial charge in [0.05, 0.1) is 3.79 Å². The van der Waals surface area contributed by atoms with Crippen molar-refractivity contribution in [1.82, 2.24) is 9.80 Å². The maximum Gasteiger partial charge on any atom is 0.0701 e. The van der Waals surface area contributed by atoms with E-state index in [2.05, 4.69) is 37.9 Å². The van der Waals surface area contributed by atoms with E-state index in [-0.39, 0.29) is 0 Å². The molecule has 1 aromatic heterocycles. The molecule has 18 heavy (non-hydrogen) atoms. The Kier molecular flexibility index (Phi) is 4.39. The highest BCUT2D eigenvalue weighted by Gasteiger charge is 2.28. The maximum absolute atomic E-state index is 3.55. The Balaban J connectivity index is 1.51. The fraction of sp³-hybridized carbons (Fsp3) is 0.714. The van der Waals surface area contributed by atoms with Crippen LogP contribution in [-0.4, -0.2) is 42.0 Å². The van der Waals surface area contributed by atoms with Crippen LogP contribution in [0, 0.1) is 0 Å². The third-order valence-corrected chi connectivity index (χ3v) is 5.77. The zero-order valence-electron chi connectivity index (χ0n) is 10.8. The van der Waals surface area contributed by atoms with Crippen LogP contribution in [0.2, 0.25) is 0 Å². The fourth-order valence-corrected chi connectivity index (χ4v) is 4.72. The number of hydrogen-bond donors (Lipinski definition) is 0. The summed E-state index contributed by atoms with van der Waals surface area (Å²) in [5.41, 5.74) is 0. The van der Waals surface area contributed by atoms with Crippen LogP contribution in [0.3, 0.4) is 0 Å². The summed E-state index contributed by atoms with van der Waals surface area (Å²) >= 11 is 5.42. The number of rotatable bonds is 3. The number of likely N-dealkylation sites (tertiary alicyclic amines) is 2. The normalized spacial score (nSPS) is 26.8. The molecule has 100 valence electrons. The number of nitrogens with zero attached hydrogens (tertiary/aromatic N) is 2. The first-order valence-electron chi connectivity index (χ1n) is 7.02. The van der Waals surface area contributed by atoms with Crippen LogP contribution in [0.4, 0.5) is 0 Å². The van der Waals surface area contributed by atoms with E-state index in [0.29, 0.717) is 0 Å². The second kappa shape index (κ2) is 6.04. The lowest BCUT2D eigenvalue weighted by molar-refractivity contribution is 0.161.